The highest BCUT2D eigenvalue weighted by Gasteiger charge is 2.33. The summed E-state index contributed by atoms with van der Waals surface area (Å²) >= 11 is 0. The minimum absolute atomic E-state index is 0.00928. The minimum Gasteiger partial charge on any atom is -0.508 e. The summed E-state index contributed by atoms with van der Waals surface area (Å²) in [5.41, 5.74) is 13.0. The van der Waals surface area contributed by atoms with Crippen molar-refractivity contribution < 1.29 is 47.6 Å². The lowest BCUT2D eigenvalue weighted by Crippen LogP contribution is -2.56. The van der Waals surface area contributed by atoms with Crippen LogP contribution in [0.2, 0.25) is 0 Å². The molecule has 1 aliphatic carbocycles. The Morgan fingerprint density at radius 3 is 2.15 bits per heavy atom. The summed E-state index contributed by atoms with van der Waals surface area (Å²) in [6.45, 7) is 4.67. The molecule has 1 saturated carbocycles. The molecule has 17 nitrogen and oxygen atoms in total. The molecular weight excluding hydrogens is 733 g/mol. The molecule has 0 aliphatic heterocycles. The van der Waals surface area contributed by atoms with Crippen LogP contribution in [0, 0.1) is 5.92 Å². The van der Waals surface area contributed by atoms with E-state index in [-0.39, 0.29) is 30.8 Å². The van der Waals surface area contributed by atoms with Crippen LogP contribution in [0.3, 0.4) is 0 Å². The first-order valence-electron chi connectivity index (χ1n) is 17.8. The number of aromatic hydroxyl groups is 1. The van der Waals surface area contributed by atoms with Crippen LogP contribution in [0.5, 0.6) is 5.75 Å². The monoisotopic (exact) mass is 785 g/mol. The van der Waals surface area contributed by atoms with Crippen molar-refractivity contribution in [3.8, 4) is 5.75 Å². The molecule has 3 rings (SSSR count). The van der Waals surface area contributed by atoms with E-state index >= 15 is 0 Å². The van der Waals surface area contributed by atoms with Gasteiger partial charge in [-0.15, -0.1) is 0 Å². The quantitative estimate of drug-likeness (QED) is 0.0458. The molecular formula is C37H52N7O10P. The van der Waals surface area contributed by atoms with Gasteiger partial charge in [-0.3, -0.25) is 33.0 Å². The van der Waals surface area contributed by atoms with Gasteiger partial charge in [0.2, 0.25) is 29.5 Å². The van der Waals surface area contributed by atoms with Crippen molar-refractivity contribution in [1.82, 2.24) is 26.6 Å². The molecule has 300 valence electrons. The van der Waals surface area contributed by atoms with Crippen LogP contribution in [0.4, 0.5) is 0 Å². The van der Waals surface area contributed by atoms with E-state index in [1.54, 1.807) is 42.5 Å². The minimum atomic E-state index is -4.53. The number of amides is 5. The Morgan fingerprint density at radius 2 is 1.55 bits per heavy atom. The molecule has 1 unspecified atom stereocenters. The summed E-state index contributed by atoms with van der Waals surface area (Å²) in [4.78, 5) is 75.6. The van der Waals surface area contributed by atoms with E-state index in [0.29, 0.717) is 43.4 Å². The number of primary amides is 1. The predicted octanol–water partition coefficient (Wildman–Crippen LogP) is 0.911. The van der Waals surface area contributed by atoms with E-state index in [2.05, 4.69) is 37.7 Å². The van der Waals surface area contributed by atoms with Gasteiger partial charge in [0.05, 0.1) is 24.4 Å². The van der Waals surface area contributed by atoms with E-state index in [1.807, 2.05) is 6.07 Å². The van der Waals surface area contributed by atoms with Crippen LogP contribution in [0.15, 0.2) is 78.6 Å². The molecule has 18 heteroatoms. The second-order valence-corrected chi connectivity index (χ2v) is 14.7. The highest BCUT2D eigenvalue weighted by atomic mass is 31.2. The Hall–Kier alpha value is -5.22. The first-order valence-corrected chi connectivity index (χ1v) is 19.3. The van der Waals surface area contributed by atoms with Crippen molar-refractivity contribution in [3.63, 3.8) is 0 Å². The van der Waals surface area contributed by atoms with Gasteiger partial charge in [-0.2, -0.15) is 0 Å². The maximum Gasteiger partial charge on any atom is 0.471 e. The fourth-order valence-electron chi connectivity index (χ4n) is 6.04. The Balaban J connectivity index is 1.89. The molecule has 5 amide bonds. The summed E-state index contributed by atoms with van der Waals surface area (Å²) in [7, 11) is -3.55. The average Bonchev–Trinajstić information content (AvgIpc) is 3.60. The zero-order valence-electron chi connectivity index (χ0n) is 31.0. The van der Waals surface area contributed by atoms with Crippen LogP contribution < -0.4 is 38.1 Å². The number of nitrogens with one attached hydrogen (secondary N) is 5. The molecule has 55 heavy (non-hydrogen) atoms. The molecule has 0 aromatic heterocycles. The Kier molecular flexibility index (Phi) is 17.4. The van der Waals surface area contributed by atoms with Gasteiger partial charge < -0.3 is 48.1 Å². The molecule has 2 aromatic carbocycles. The number of phosphoric acid groups is 1. The molecule has 1 aliphatic rings. The van der Waals surface area contributed by atoms with Gasteiger partial charge in [-0.1, -0.05) is 60.7 Å². The number of hydrogen-bond donors (Lipinski definition) is 9. The second-order valence-electron chi connectivity index (χ2n) is 13.2. The van der Waals surface area contributed by atoms with E-state index in [4.69, 9.17) is 16.0 Å². The number of phosphoric ester groups is 1. The van der Waals surface area contributed by atoms with Crippen molar-refractivity contribution >= 4 is 37.4 Å². The number of nitrogens with two attached hydrogens (primary N) is 2. The predicted molar refractivity (Wildman–Crippen MR) is 203 cm³/mol. The third-order valence-electron chi connectivity index (χ3n) is 8.78. The number of benzene rings is 2. The molecule has 0 bridgehead atoms. The zero-order valence-corrected chi connectivity index (χ0v) is 31.9. The maximum absolute atomic E-state index is 14.1. The number of hydrogen-bond acceptors (Lipinski definition) is 11. The molecule has 0 spiro atoms. The number of phenolic OH excluding ortho intramolecular Hbond substituents is 1. The van der Waals surface area contributed by atoms with Crippen LogP contribution in [-0.4, -0.2) is 84.0 Å². The molecule has 0 heterocycles. The Labute approximate surface area is 320 Å². The zero-order chi connectivity index (χ0) is 40.5. The van der Waals surface area contributed by atoms with Gasteiger partial charge in [0, 0.05) is 33.4 Å². The standard InChI is InChI=1S/C37H52N7O10P/c1-23(38)40-18-8-13-31(34(39)47)43-35(48)30-12-7-11-27(30)21-28(22-54-55(51,52)53-3)42-36(49)33(20-26-14-16-29(46)17-15-26)44-37(50)32(41-24(2)45)19-25-9-5-4-6-10-25/h4-6,9-10,14-17,21,28,30-33,40,46H,1,7-8,11-13,18-20,22,38H2,2-3H3,(H2,39,47)(H,41,45)(H,42,49)(H,43,48)(H,44,50)(H,51,52)/b27-21-/t28-,30-,31+,32+,33+/m1/s1. The second kappa shape index (κ2) is 21.6. The highest BCUT2D eigenvalue weighted by molar-refractivity contribution is 7.47. The van der Waals surface area contributed by atoms with E-state index in [9.17, 15) is 38.5 Å². The molecule has 0 radical (unpaired) electrons. The van der Waals surface area contributed by atoms with Gasteiger partial charge in [0.15, 0.2) is 0 Å². The fourth-order valence-corrected chi connectivity index (χ4v) is 6.49. The third kappa shape index (κ3) is 15.6. The first-order chi connectivity index (χ1) is 26.1. The van der Waals surface area contributed by atoms with Gasteiger partial charge in [0.25, 0.3) is 0 Å². The average molecular weight is 786 g/mol. The highest BCUT2D eigenvalue weighted by Crippen LogP contribution is 2.42. The lowest BCUT2D eigenvalue weighted by molar-refractivity contribution is -0.131. The van der Waals surface area contributed by atoms with Crippen LogP contribution in [0.25, 0.3) is 0 Å². The maximum atomic E-state index is 14.1. The lowest BCUT2D eigenvalue weighted by atomic mass is 9.98. The van der Waals surface area contributed by atoms with Crippen molar-refractivity contribution in [2.45, 2.75) is 76.0 Å². The van der Waals surface area contributed by atoms with Crippen LogP contribution in [0.1, 0.15) is 50.2 Å². The van der Waals surface area contributed by atoms with Gasteiger partial charge in [-0.25, -0.2) is 4.57 Å². The van der Waals surface area contributed by atoms with Gasteiger partial charge >= 0.3 is 7.82 Å². The first kappa shape index (κ1) is 44.2. The van der Waals surface area contributed by atoms with Crippen molar-refractivity contribution in [1.29, 1.82) is 0 Å². The van der Waals surface area contributed by atoms with E-state index < -0.39 is 74.1 Å². The number of carbonyl (C=O) groups excluding carboxylic acids is 5. The normalized spacial score (nSPS) is 17.8. The van der Waals surface area contributed by atoms with E-state index in [0.717, 1.165) is 12.7 Å². The molecule has 0 saturated heterocycles. The number of phenols is 1. The third-order valence-corrected chi connectivity index (χ3v) is 9.72. The Bertz CT molecular complexity index is 1720. The largest absolute Gasteiger partial charge is 0.508 e. The van der Waals surface area contributed by atoms with Gasteiger partial charge in [0.1, 0.15) is 23.9 Å². The number of rotatable bonds is 22. The smallest absolute Gasteiger partial charge is 0.471 e. The van der Waals surface area contributed by atoms with Crippen molar-refractivity contribution in [2.75, 3.05) is 20.3 Å². The molecule has 6 atom stereocenters. The summed E-state index contributed by atoms with van der Waals surface area (Å²) in [5, 5.41) is 23.5. The Morgan fingerprint density at radius 1 is 0.927 bits per heavy atom. The van der Waals surface area contributed by atoms with Crippen LogP contribution >= 0.6 is 7.82 Å². The summed E-state index contributed by atoms with van der Waals surface area (Å²) in [6, 6.07) is 10.6. The lowest BCUT2D eigenvalue weighted by Gasteiger charge is -2.26. The molecule has 1 fully saturated rings. The van der Waals surface area contributed by atoms with Crippen molar-refractivity contribution in [3.05, 3.63) is 89.8 Å². The number of carbonyl (C=O) groups is 5. The topological polar surface area (TPSA) is 274 Å². The molecule has 2 aromatic rings. The summed E-state index contributed by atoms with van der Waals surface area (Å²) in [6.07, 6.45) is 3.78. The van der Waals surface area contributed by atoms with Crippen molar-refractivity contribution in [2.24, 2.45) is 17.4 Å². The summed E-state index contributed by atoms with van der Waals surface area (Å²) in [5.74, 6) is -3.46. The summed E-state index contributed by atoms with van der Waals surface area (Å²) < 4.78 is 22.0. The van der Waals surface area contributed by atoms with Gasteiger partial charge in [-0.05, 0) is 55.4 Å². The molecule has 11 N–H and O–H groups in total. The van der Waals surface area contributed by atoms with E-state index in [1.165, 1.54) is 19.1 Å². The fraction of sp³-hybridized carbons (Fsp3) is 0.432. The van der Waals surface area contributed by atoms with Crippen LogP contribution in [-0.2, 0) is 50.4 Å². The SMILES string of the molecule is C=C(N)NCCC[C@H](NC(=O)[C@@H]1CCC/C1=C/[C@H](COP(=O)(O)OC)NC(=O)[C@H](Cc1ccc(O)cc1)NC(=O)[C@H](Cc1ccccc1)NC(C)=O)C(N)=O.